The van der Waals surface area contributed by atoms with E-state index in [-0.39, 0.29) is 0 Å². The van der Waals surface area contributed by atoms with Crippen molar-refractivity contribution in [1.29, 1.82) is 0 Å². The maximum Gasteiger partial charge on any atom is 0.378 e. The van der Waals surface area contributed by atoms with Crippen molar-refractivity contribution in [2.75, 3.05) is 0 Å². The van der Waals surface area contributed by atoms with Gasteiger partial charge in [0.05, 0.1) is 0 Å². The number of allylic oxidation sites excluding steroid dienone is 1. The summed E-state index contributed by atoms with van der Waals surface area (Å²) >= 11 is 0. The van der Waals surface area contributed by atoms with Gasteiger partial charge < -0.3 is 0 Å². The highest BCUT2D eigenvalue weighted by Crippen LogP contribution is 2.49. The lowest BCUT2D eigenvalue weighted by molar-refractivity contribution is -0.319. The molecule has 0 radical (unpaired) electrons. The van der Waals surface area contributed by atoms with Gasteiger partial charge in [-0.05, 0) is 6.08 Å². The van der Waals surface area contributed by atoms with E-state index in [9.17, 15) is 39.5 Å². The average molecular weight is 260 g/mol. The quantitative estimate of drug-likeness (QED) is 0.522. The molecule has 0 aliphatic heterocycles. The van der Waals surface area contributed by atoms with E-state index in [1.165, 1.54) is 0 Å². The molecule has 1 unspecified atom stereocenters. The van der Waals surface area contributed by atoms with Crippen molar-refractivity contribution in [3.8, 4) is 0 Å². The second kappa shape index (κ2) is 4.17. The van der Waals surface area contributed by atoms with Crippen molar-refractivity contribution in [3.05, 3.63) is 12.7 Å². The Morgan fingerprint density at radius 1 is 0.875 bits per heavy atom. The van der Waals surface area contributed by atoms with Crippen molar-refractivity contribution >= 4 is 0 Å². The van der Waals surface area contributed by atoms with Crippen LogP contribution in [0.1, 0.15) is 0 Å². The topological polar surface area (TPSA) is 0 Å². The largest absolute Gasteiger partial charge is 0.378 e. The molecule has 0 saturated heterocycles. The molecule has 0 rings (SSSR count). The van der Waals surface area contributed by atoms with Gasteiger partial charge in [-0.2, -0.15) is 26.3 Å². The Labute approximate surface area is 83.7 Å². The molecule has 0 aliphatic carbocycles. The maximum absolute atomic E-state index is 12.4. The molecule has 9 heteroatoms. The molecule has 0 aliphatic rings. The van der Waals surface area contributed by atoms with Gasteiger partial charge in [0.25, 0.3) is 6.43 Å². The van der Waals surface area contributed by atoms with Gasteiger partial charge in [0.2, 0.25) is 6.17 Å². The second-order valence-corrected chi connectivity index (χ2v) is 2.76. The fraction of sp³-hybridized carbons (Fsp3) is 0.714. The van der Waals surface area contributed by atoms with Crippen LogP contribution in [0.25, 0.3) is 0 Å². The van der Waals surface area contributed by atoms with Gasteiger partial charge in [-0.15, -0.1) is 0 Å². The molecule has 0 aromatic rings. The highest BCUT2D eigenvalue weighted by Gasteiger charge is 2.74. The van der Waals surface area contributed by atoms with Crippen LogP contribution in [0.4, 0.5) is 39.5 Å². The molecule has 0 spiro atoms. The first-order valence-electron chi connectivity index (χ1n) is 3.61. The summed E-state index contributed by atoms with van der Waals surface area (Å²) in [5, 5.41) is 0. The fourth-order valence-electron chi connectivity index (χ4n) is 0.682. The Hall–Kier alpha value is -0.890. The van der Waals surface area contributed by atoms with E-state index in [2.05, 4.69) is 6.58 Å². The summed E-state index contributed by atoms with van der Waals surface area (Å²) in [6.07, 6.45) is -10.1. The number of rotatable bonds is 5. The Morgan fingerprint density at radius 2 is 1.25 bits per heavy atom. The molecule has 0 fully saturated rings. The molecule has 1 atom stereocenters. The minimum Gasteiger partial charge on any atom is -0.234 e. The van der Waals surface area contributed by atoms with Crippen LogP contribution in [0.2, 0.25) is 0 Å². The third-order valence-corrected chi connectivity index (χ3v) is 1.66. The highest BCUT2D eigenvalue weighted by atomic mass is 19.3. The number of hydrogen-bond donors (Lipinski definition) is 0. The third kappa shape index (κ3) is 2.12. The predicted octanol–water partition coefficient (Wildman–Crippen LogP) is 3.68. The van der Waals surface area contributed by atoms with Crippen LogP contribution in [-0.4, -0.2) is 30.4 Å². The summed E-state index contributed by atoms with van der Waals surface area (Å²) < 4.78 is 109. The van der Waals surface area contributed by atoms with E-state index in [1.807, 2.05) is 0 Å². The minimum atomic E-state index is -6.29. The molecule has 96 valence electrons. The normalized spacial score (nSPS) is 16.4. The molecule has 0 aromatic carbocycles. The van der Waals surface area contributed by atoms with Crippen LogP contribution >= 0.6 is 0 Å². The van der Waals surface area contributed by atoms with Crippen molar-refractivity contribution in [1.82, 2.24) is 0 Å². The zero-order valence-corrected chi connectivity index (χ0v) is 7.34. The fourth-order valence-corrected chi connectivity index (χ4v) is 0.682. The van der Waals surface area contributed by atoms with Crippen LogP contribution in [0.5, 0.6) is 0 Å². The van der Waals surface area contributed by atoms with Gasteiger partial charge in [-0.1, -0.05) is 6.58 Å². The van der Waals surface area contributed by atoms with Gasteiger partial charge >= 0.3 is 17.8 Å². The highest BCUT2D eigenvalue weighted by molar-refractivity contribution is 5.07. The summed E-state index contributed by atoms with van der Waals surface area (Å²) in [5.41, 5.74) is 0. The Kier molecular flexibility index (Phi) is 3.94. The third-order valence-electron chi connectivity index (χ3n) is 1.66. The minimum absolute atomic E-state index is 0.862. The van der Waals surface area contributed by atoms with Gasteiger partial charge in [-0.25, -0.2) is 13.2 Å². The van der Waals surface area contributed by atoms with Crippen molar-refractivity contribution < 1.29 is 39.5 Å². The first kappa shape index (κ1) is 15.1. The van der Waals surface area contributed by atoms with Crippen molar-refractivity contribution in [2.24, 2.45) is 0 Å². The first-order valence-corrected chi connectivity index (χ1v) is 3.61. The van der Waals surface area contributed by atoms with E-state index in [1.54, 1.807) is 0 Å². The summed E-state index contributed by atoms with van der Waals surface area (Å²) in [6.45, 7) is 2.14. The van der Waals surface area contributed by atoms with Gasteiger partial charge in [0.1, 0.15) is 0 Å². The molecular weight excluding hydrogens is 255 g/mol. The zero-order chi connectivity index (χ0) is 13.4. The lowest BCUT2D eigenvalue weighted by atomic mass is 10.0. The van der Waals surface area contributed by atoms with E-state index < -0.39 is 36.4 Å². The van der Waals surface area contributed by atoms with Crippen molar-refractivity contribution in [3.63, 3.8) is 0 Å². The number of halogens is 9. The van der Waals surface area contributed by atoms with Crippen molar-refractivity contribution in [2.45, 2.75) is 30.4 Å². The molecule has 16 heavy (non-hydrogen) atoms. The SMILES string of the molecule is C=CC(F)(F)C(F)(F)C(F)(F)C(F)C(F)F. The van der Waals surface area contributed by atoms with Crippen LogP contribution < -0.4 is 0 Å². The summed E-state index contributed by atoms with van der Waals surface area (Å²) in [5.74, 6) is -18.0. The number of alkyl halides is 9. The lowest BCUT2D eigenvalue weighted by Gasteiger charge is -2.32. The van der Waals surface area contributed by atoms with Gasteiger partial charge in [-0.3, -0.25) is 0 Å². The maximum atomic E-state index is 12.4. The monoisotopic (exact) mass is 260 g/mol. The Morgan fingerprint density at radius 3 is 1.50 bits per heavy atom. The van der Waals surface area contributed by atoms with Crippen LogP contribution in [0, 0.1) is 0 Å². The standard InChI is InChI=1S/C7H5F9/c1-2-5(11,12)7(15,16)6(13,14)3(8)4(9)10/h2-4H,1H2. The second-order valence-electron chi connectivity index (χ2n) is 2.76. The first-order chi connectivity index (χ1) is 6.91. The smallest absolute Gasteiger partial charge is 0.234 e. The van der Waals surface area contributed by atoms with Gasteiger partial charge in [0.15, 0.2) is 0 Å². The summed E-state index contributed by atoms with van der Waals surface area (Å²) in [6, 6.07) is 0. The molecule has 0 N–H and O–H groups in total. The van der Waals surface area contributed by atoms with E-state index >= 15 is 0 Å². The number of hydrogen-bond acceptors (Lipinski definition) is 0. The van der Waals surface area contributed by atoms with Crippen LogP contribution in [0.15, 0.2) is 12.7 Å². The molecular formula is C7H5F9. The summed E-state index contributed by atoms with van der Waals surface area (Å²) in [4.78, 5) is 0. The Balaban J connectivity index is 5.36. The molecule has 0 heterocycles. The van der Waals surface area contributed by atoms with E-state index in [0.717, 1.165) is 0 Å². The zero-order valence-electron chi connectivity index (χ0n) is 7.34. The lowest BCUT2D eigenvalue weighted by Crippen LogP contribution is -2.59. The van der Waals surface area contributed by atoms with Gasteiger partial charge in [0, 0.05) is 0 Å². The molecule has 0 amide bonds. The molecule has 0 saturated carbocycles. The van der Waals surface area contributed by atoms with Crippen LogP contribution in [-0.2, 0) is 0 Å². The molecule has 0 aromatic heterocycles. The van der Waals surface area contributed by atoms with E-state index in [4.69, 9.17) is 0 Å². The van der Waals surface area contributed by atoms with Crippen LogP contribution in [0.3, 0.4) is 0 Å². The average Bonchev–Trinajstić information content (AvgIpc) is 2.15. The van der Waals surface area contributed by atoms with E-state index in [0.29, 0.717) is 0 Å². The Bertz CT molecular complexity index is 257. The molecule has 0 nitrogen and oxygen atoms in total. The summed E-state index contributed by atoms with van der Waals surface area (Å²) in [7, 11) is 0. The predicted molar refractivity (Wildman–Crippen MR) is 35.9 cm³/mol. The molecule has 0 bridgehead atoms.